The average molecular weight is 587 g/mol. The number of morpholine rings is 1. The van der Waals surface area contributed by atoms with Gasteiger partial charge in [-0.05, 0) is 74.2 Å². The summed E-state index contributed by atoms with van der Waals surface area (Å²) in [6.45, 7) is 8.19. The first-order chi connectivity index (χ1) is 20.0. The van der Waals surface area contributed by atoms with E-state index in [1.54, 1.807) is 0 Å². The second-order valence-corrected chi connectivity index (χ2v) is 11.0. The summed E-state index contributed by atoms with van der Waals surface area (Å²) < 4.78 is 61.6. The molecule has 0 aliphatic carbocycles. The quantitative estimate of drug-likeness (QED) is 0.354. The lowest BCUT2D eigenvalue weighted by Gasteiger charge is -2.36. The molecule has 3 aromatic rings. The summed E-state index contributed by atoms with van der Waals surface area (Å²) in [6, 6.07) is 13.0. The minimum Gasteiger partial charge on any atom is -0.406 e. The number of amides is 1. The van der Waals surface area contributed by atoms with Gasteiger partial charge >= 0.3 is 6.36 Å². The van der Waals surface area contributed by atoms with Crippen molar-refractivity contribution < 1.29 is 31.8 Å². The second kappa shape index (κ2) is 12.7. The Morgan fingerprint density at radius 1 is 1.02 bits per heavy atom. The summed E-state index contributed by atoms with van der Waals surface area (Å²) in [5, 5.41) is 3.04. The zero-order valence-corrected chi connectivity index (χ0v) is 23.5. The molecule has 2 fully saturated rings. The number of nitrogens with one attached hydrogen (secondary N) is 1. The molecule has 0 spiro atoms. The Balaban J connectivity index is 1.12. The van der Waals surface area contributed by atoms with Gasteiger partial charge in [-0.25, -0.2) is 9.37 Å². The third-order valence-corrected chi connectivity index (χ3v) is 7.51. The number of ether oxygens (including phenoxy) is 2. The molecule has 1 aromatic heterocycles. The van der Waals surface area contributed by atoms with E-state index >= 15 is 0 Å². The number of hydrogen-bond acceptors (Lipinski definition) is 6. The average Bonchev–Trinajstić information content (AvgIpc) is 2.94. The van der Waals surface area contributed by atoms with Crippen LogP contribution in [0.5, 0.6) is 5.75 Å². The van der Waals surface area contributed by atoms with Gasteiger partial charge in [0.2, 0.25) is 0 Å². The monoisotopic (exact) mass is 586 g/mol. The molecule has 0 radical (unpaired) electrons. The number of pyridine rings is 1. The third kappa shape index (κ3) is 7.77. The molecule has 7 nitrogen and oxygen atoms in total. The van der Waals surface area contributed by atoms with Gasteiger partial charge in [-0.1, -0.05) is 18.2 Å². The van der Waals surface area contributed by atoms with Crippen molar-refractivity contribution in [2.75, 3.05) is 31.1 Å². The zero-order valence-electron chi connectivity index (χ0n) is 23.5. The number of carbonyl (C=O) groups is 1. The third-order valence-electron chi connectivity index (χ3n) is 7.51. The number of anilines is 1. The van der Waals surface area contributed by atoms with Crippen LogP contribution in [0.1, 0.15) is 42.6 Å². The zero-order chi connectivity index (χ0) is 29.9. The van der Waals surface area contributed by atoms with Crippen LogP contribution < -0.4 is 15.0 Å². The molecule has 224 valence electrons. The maximum Gasteiger partial charge on any atom is 0.573 e. The number of nitrogens with zero attached hydrogens (tertiary/aromatic N) is 3. The predicted molar refractivity (Wildman–Crippen MR) is 151 cm³/mol. The van der Waals surface area contributed by atoms with E-state index in [4.69, 9.17) is 4.74 Å². The highest BCUT2D eigenvalue weighted by molar-refractivity contribution is 5.95. The number of rotatable bonds is 7. The highest BCUT2D eigenvalue weighted by Crippen LogP contribution is 2.29. The van der Waals surface area contributed by atoms with E-state index < -0.39 is 17.9 Å². The van der Waals surface area contributed by atoms with Crippen LogP contribution in [-0.2, 0) is 11.3 Å². The summed E-state index contributed by atoms with van der Waals surface area (Å²) in [7, 11) is 0. The number of aromatic nitrogens is 1. The van der Waals surface area contributed by atoms with Crippen LogP contribution >= 0.6 is 0 Å². The van der Waals surface area contributed by atoms with E-state index in [-0.39, 0.29) is 35.3 Å². The lowest BCUT2D eigenvalue weighted by Crippen LogP contribution is -2.45. The number of alkyl halides is 3. The highest BCUT2D eigenvalue weighted by atomic mass is 19.4. The number of likely N-dealkylation sites (tertiary alicyclic amines) is 1. The molecule has 1 N–H and O–H groups in total. The number of hydrogen-bond donors (Lipinski definition) is 1. The van der Waals surface area contributed by atoms with E-state index in [0.717, 1.165) is 69.1 Å². The standard InChI is InChI=1S/C31H34F4N4O3/c1-20-17-39(18-21(2)41-20)29-10-3-22(16-36-29)19-38-13-11-25(12-14-38)37-30(40)24-6-9-28(32)27(15-24)23-4-7-26(8-5-23)42-31(33,34)35/h3-10,15-16,20-21,25H,11-14,17-19H2,1-2H3,(H,37,40). The fraction of sp³-hybridized carbons (Fsp3) is 0.419. The van der Waals surface area contributed by atoms with Crippen molar-refractivity contribution in [2.45, 2.75) is 57.8 Å². The van der Waals surface area contributed by atoms with E-state index in [1.165, 1.54) is 30.3 Å². The summed E-state index contributed by atoms with van der Waals surface area (Å²) in [6.07, 6.45) is -0.998. The first-order valence-electron chi connectivity index (χ1n) is 14.1. The molecule has 0 saturated carbocycles. The van der Waals surface area contributed by atoms with Crippen molar-refractivity contribution in [3.63, 3.8) is 0 Å². The summed E-state index contributed by atoms with van der Waals surface area (Å²) in [5.41, 5.74) is 1.86. The van der Waals surface area contributed by atoms with Gasteiger partial charge in [0.05, 0.1) is 12.2 Å². The fourth-order valence-corrected chi connectivity index (χ4v) is 5.55. The van der Waals surface area contributed by atoms with Crippen LogP contribution in [0.3, 0.4) is 0 Å². The van der Waals surface area contributed by atoms with Gasteiger partial charge in [0.1, 0.15) is 17.4 Å². The van der Waals surface area contributed by atoms with Gasteiger partial charge in [0.25, 0.3) is 5.91 Å². The number of carbonyl (C=O) groups excluding carboxylic acids is 1. The van der Waals surface area contributed by atoms with Crippen molar-refractivity contribution in [2.24, 2.45) is 0 Å². The lowest BCUT2D eigenvalue weighted by molar-refractivity contribution is -0.274. The number of piperidine rings is 1. The molecule has 5 rings (SSSR count). The lowest BCUT2D eigenvalue weighted by atomic mass is 10.0. The van der Waals surface area contributed by atoms with Crippen LogP contribution in [0.25, 0.3) is 11.1 Å². The maximum absolute atomic E-state index is 14.6. The molecular weight excluding hydrogens is 552 g/mol. The smallest absolute Gasteiger partial charge is 0.406 e. The molecular formula is C31H34F4N4O3. The van der Waals surface area contributed by atoms with Crippen LogP contribution in [0, 0.1) is 5.82 Å². The van der Waals surface area contributed by atoms with E-state index in [1.807, 2.05) is 6.20 Å². The van der Waals surface area contributed by atoms with Crippen LogP contribution in [-0.4, -0.2) is 66.6 Å². The maximum atomic E-state index is 14.6. The van der Waals surface area contributed by atoms with Gasteiger partial charge in [-0.2, -0.15) is 0 Å². The summed E-state index contributed by atoms with van der Waals surface area (Å²) in [5.74, 6) is -0.352. The number of halogens is 4. The first kappa shape index (κ1) is 29.8. The summed E-state index contributed by atoms with van der Waals surface area (Å²) >= 11 is 0. The van der Waals surface area contributed by atoms with E-state index in [0.29, 0.717) is 5.56 Å². The molecule has 2 unspecified atom stereocenters. The first-order valence-corrected chi connectivity index (χ1v) is 14.1. The minimum absolute atomic E-state index is 0.0214. The van der Waals surface area contributed by atoms with Crippen LogP contribution in [0.2, 0.25) is 0 Å². The Bertz CT molecular complexity index is 1350. The highest BCUT2D eigenvalue weighted by Gasteiger charge is 2.31. The fourth-order valence-electron chi connectivity index (χ4n) is 5.55. The SMILES string of the molecule is CC1CN(c2ccc(CN3CCC(NC(=O)c4ccc(F)c(-c5ccc(OC(F)(F)F)cc5)c4)CC3)cn2)CC(C)O1. The Morgan fingerprint density at radius 3 is 2.33 bits per heavy atom. The summed E-state index contributed by atoms with van der Waals surface area (Å²) in [4.78, 5) is 22.3. The van der Waals surface area contributed by atoms with Gasteiger partial charge in [0.15, 0.2) is 0 Å². The van der Waals surface area contributed by atoms with Gasteiger partial charge in [0, 0.05) is 56.1 Å². The van der Waals surface area contributed by atoms with Crippen molar-refractivity contribution >= 4 is 11.7 Å². The molecule has 0 bridgehead atoms. The van der Waals surface area contributed by atoms with Crippen LogP contribution in [0.15, 0.2) is 60.8 Å². The van der Waals surface area contributed by atoms with Crippen molar-refractivity contribution in [3.8, 4) is 16.9 Å². The molecule has 2 aromatic carbocycles. The molecule has 11 heteroatoms. The van der Waals surface area contributed by atoms with Crippen molar-refractivity contribution in [1.82, 2.24) is 15.2 Å². The minimum atomic E-state index is -4.81. The van der Waals surface area contributed by atoms with Gasteiger partial charge in [-0.15, -0.1) is 13.2 Å². The largest absolute Gasteiger partial charge is 0.573 e. The second-order valence-electron chi connectivity index (χ2n) is 11.0. The van der Waals surface area contributed by atoms with Crippen molar-refractivity contribution in [1.29, 1.82) is 0 Å². The van der Waals surface area contributed by atoms with Gasteiger partial charge < -0.3 is 19.7 Å². The van der Waals surface area contributed by atoms with E-state index in [2.05, 4.69) is 50.8 Å². The Hall–Kier alpha value is -3.70. The predicted octanol–water partition coefficient (Wildman–Crippen LogP) is 5.79. The molecule has 2 aliphatic heterocycles. The molecule has 3 heterocycles. The normalized spacial score (nSPS) is 20.4. The molecule has 42 heavy (non-hydrogen) atoms. The molecule has 2 atom stereocenters. The Kier molecular flexibility index (Phi) is 8.98. The topological polar surface area (TPSA) is 66.9 Å². The molecule has 1 amide bonds. The Labute approximate surface area is 242 Å². The van der Waals surface area contributed by atoms with Gasteiger partial charge in [-0.3, -0.25) is 9.69 Å². The Morgan fingerprint density at radius 2 is 1.71 bits per heavy atom. The molecule has 2 saturated heterocycles. The molecule has 2 aliphatic rings. The van der Waals surface area contributed by atoms with E-state index in [9.17, 15) is 22.4 Å². The van der Waals surface area contributed by atoms with Crippen LogP contribution in [0.4, 0.5) is 23.4 Å². The number of benzene rings is 2. The van der Waals surface area contributed by atoms with Crippen molar-refractivity contribution in [3.05, 3.63) is 77.7 Å².